The van der Waals surface area contributed by atoms with Crippen LogP contribution in [0.25, 0.3) is 0 Å². The van der Waals surface area contributed by atoms with Crippen molar-refractivity contribution in [2.45, 2.75) is 51.0 Å². The van der Waals surface area contributed by atoms with E-state index in [1.165, 1.54) is 13.5 Å². The molecular formula is C15H25NO4. The first-order chi connectivity index (χ1) is 9.69. The van der Waals surface area contributed by atoms with Crippen LogP contribution in [0.3, 0.4) is 0 Å². The van der Waals surface area contributed by atoms with Gasteiger partial charge in [-0.3, -0.25) is 9.59 Å². The Labute approximate surface area is 120 Å². The third kappa shape index (κ3) is 4.47. The normalized spacial score (nSPS) is 22.4. The molecule has 2 rings (SSSR count). The highest BCUT2D eigenvalue weighted by Gasteiger charge is 2.27. The van der Waals surface area contributed by atoms with Gasteiger partial charge in [0.15, 0.2) is 0 Å². The summed E-state index contributed by atoms with van der Waals surface area (Å²) in [6.45, 7) is 1.84. The molecule has 0 spiro atoms. The van der Waals surface area contributed by atoms with Gasteiger partial charge in [0.1, 0.15) is 0 Å². The monoisotopic (exact) mass is 283 g/mol. The van der Waals surface area contributed by atoms with E-state index in [4.69, 9.17) is 4.74 Å². The van der Waals surface area contributed by atoms with Crippen molar-refractivity contribution >= 4 is 11.9 Å². The van der Waals surface area contributed by atoms with Crippen molar-refractivity contribution in [1.29, 1.82) is 0 Å². The van der Waals surface area contributed by atoms with E-state index < -0.39 is 0 Å². The van der Waals surface area contributed by atoms with Crippen LogP contribution in [0.1, 0.15) is 44.9 Å². The highest BCUT2D eigenvalue weighted by Crippen LogP contribution is 2.30. The van der Waals surface area contributed by atoms with Crippen LogP contribution in [0, 0.1) is 5.92 Å². The van der Waals surface area contributed by atoms with Gasteiger partial charge < -0.3 is 14.4 Å². The first-order valence-electron chi connectivity index (χ1n) is 7.65. The van der Waals surface area contributed by atoms with Crippen LogP contribution in [0.5, 0.6) is 0 Å². The lowest BCUT2D eigenvalue weighted by Gasteiger charge is -2.30. The van der Waals surface area contributed by atoms with Crippen LogP contribution < -0.4 is 0 Å². The van der Waals surface area contributed by atoms with E-state index in [1.54, 1.807) is 4.90 Å². The Morgan fingerprint density at radius 1 is 1.25 bits per heavy atom. The summed E-state index contributed by atoms with van der Waals surface area (Å²) in [6, 6.07) is 0. The summed E-state index contributed by atoms with van der Waals surface area (Å²) < 4.78 is 10.3. The fraction of sp³-hybridized carbons (Fsp3) is 0.867. The largest absolute Gasteiger partial charge is 0.469 e. The Morgan fingerprint density at radius 3 is 2.60 bits per heavy atom. The van der Waals surface area contributed by atoms with Gasteiger partial charge >= 0.3 is 5.97 Å². The van der Waals surface area contributed by atoms with Crippen molar-refractivity contribution in [3.8, 4) is 0 Å². The van der Waals surface area contributed by atoms with E-state index >= 15 is 0 Å². The minimum absolute atomic E-state index is 0.137. The summed E-state index contributed by atoms with van der Waals surface area (Å²) in [6.07, 6.45) is 6.66. The van der Waals surface area contributed by atoms with Crippen molar-refractivity contribution in [3.05, 3.63) is 0 Å². The highest BCUT2D eigenvalue weighted by molar-refractivity contribution is 5.77. The van der Waals surface area contributed by atoms with Crippen LogP contribution in [0.2, 0.25) is 0 Å². The third-order valence-corrected chi connectivity index (χ3v) is 4.30. The molecule has 1 heterocycles. The van der Waals surface area contributed by atoms with Crippen molar-refractivity contribution in [1.82, 2.24) is 4.90 Å². The fourth-order valence-electron chi connectivity index (χ4n) is 2.75. The van der Waals surface area contributed by atoms with E-state index in [9.17, 15) is 9.59 Å². The zero-order chi connectivity index (χ0) is 14.4. The summed E-state index contributed by atoms with van der Waals surface area (Å²) in [5, 5.41) is 0. The maximum atomic E-state index is 12.4. The molecule has 1 amide bonds. The molecule has 0 radical (unpaired) electrons. The molecule has 1 aliphatic heterocycles. The topological polar surface area (TPSA) is 55.8 Å². The van der Waals surface area contributed by atoms with Crippen molar-refractivity contribution in [2.24, 2.45) is 5.92 Å². The summed E-state index contributed by atoms with van der Waals surface area (Å²) in [4.78, 5) is 25.4. The molecule has 1 unspecified atom stereocenters. The molecule has 1 atom stereocenters. The number of hydrogen-bond donors (Lipinski definition) is 0. The molecule has 1 saturated heterocycles. The number of amides is 1. The van der Waals surface area contributed by atoms with Gasteiger partial charge in [0.25, 0.3) is 0 Å². The standard InChI is InChI=1S/C15H25NO4/c1-19-15(18)7-8-16(11-13-6-3-9-20-13)14(17)10-12-4-2-5-12/h12-13H,2-11H2,1H3. The van der Waals surface area contributed by atoms with Crippen LogP contribution in [0.15, 0.2) is 0 Å². The van der Waals surface area contributed by atoms with Crippen molar-refractivity contribution in [2.75, 3.05) is 26.8 Å². The van der Waals surface area contributed by atoms with Crippen molar-refractivity contribution < 1.29 is 19.1 Å². The van der Waals surface area contributed by atoms with E-state index in [1.807, 2.05) is 0 Å². The Balaban J connectivity index is 1.83. The van der Waals surface area contributed by atoms with Crippen LogP contribution >= 0.6 is 0 Å². The molecule has 1 saturated carbocycles. The number of carbonyl (C=O) groups excluding carboxylic acids is 2. The average molecular weight is 283 g/mol. The van der Waals surface area contributed by atoms with Crippen LogP contribution in [-0.2, 0) is 19.1 Å². The van der Waals surface area contributed by atoms with Crippen molar-refractivity contribution in [3.63, 3.8) is 0 Å². The molecule has 5 heteroatoms. The maximum absolute atomic E-state index is 12.4. The second kappa shape index (κ2) is 7.62. The molecule has 114 valence electrons. The summed E-state index contributed by atoms with van der Waals surface area (Å²) in [7, 11) is 1.38. The lowest BCUT2D eigenvalue weighted by atomic mass is 9.82. The molecule has 1 aliphatic carbocycles. The number of carbonyl (C=O) groups is 2. The van der Waals surface area contributed by atoms with E-state index in [0.717, 1.165) is 32.3 Å². The SMILES string of the molecule is COC(=O)CCN(CC1CCCO1)C(=O)CC1CCC1. The molecular weight excluding hydrogens is 258 g/mol. The summed E-state index contributed by atoms with van der Waals surface area (Å²) >= 11 is 0. The average Bonchev–Trinajstić information content (AvgIpc) is 2.90. The Morgan fingerprint density at radius 2 is 2.05 bits per heavy atom. The Kier molecular flexibility index (Phi) is 5.83. The number of hydrogen-bond acceptors (Lipinski definition) is 4. The zero-order valence-electron chi connectivity index (χ0n) is 12.3. The number of nitrogens with zero attached hydrogens (tertiary/aromatic N) is 1. The van der Waals surface area contributed by atoms with Crippen LogP contribution in [-0.4, -0.2) is 49.7 Å². The molecule has 0 aromatic rings. The minimum Gasteiger partial charge on any atom is -0.469 e. The molecule has 20 heavy (non-hydrogen) atoms. The molecule has 2 aliphatic rings. The smallest absolute Gasteiger partial charge is 0.307 e. The predicted octanol–water partition coefficient (Wildman–Crippen LogP) is 1.75. The van der Waals surface area contributed by atoms with Gasteiger partial charge in [-0.05, 0) is 31.6 Å². The van der Waals surface area contributed by atoms with Gasteiger partial charge in [-0.2, -0.15) is 0 Å². The van der Waals surface area contributed by atoms with Crippen LogP contribution in [0.4, 0.5) is 0 Å². The maximum Gasteiger partial charge on any atom is 0.307 e. The molecule has 0 aromatic carbocycles. The quantitative estimate of drug-likeness (QED) is 0.668. The lowest BCUT2D eigenvalue weighted by Crippen LogP contribution is -2.40. The van der Waals surface area contributed by atoms with Gasteiger partial charge in [-0.1, -0.05) is 6.42 Å². The van der Waals surface area contributed by atoms with E-state index in [0.29, 0.717) is 25.4 Å². The van der Waals surface area contributed by atoms with E-state index in [2.05, 4.69) is 4.74 Å². The van der Waals surface area contributed by atoms with Gasteiger partial charge in [0.05, 0.1) is 19.6 Å². The second-order valence-electron chi connectivity index (χ2n) is 5.80. The Hall–Kier alpha value is -1.10. The zero-order valence-corrected chi connectivity index (χ0v) is 12.3. The first-order valence-corrected chi connectivity index (χ1v) is 7.65. The number of esters is 1. The predicted molar refractivity (Wildman–Crippen MR) is 74.1 cm³/mol. The molecule has 0 aromatic heterocycles. The van der Waals surface area contributed by atoms with E-state index in [-0.39, 0.29) is 24.4 Å². The third-order valence-electron chi connectivity index (χ3n) is 4.30. The molecule has 5 nitrogen and oxygen atoms in total. The molecule has 0 N–H and O–H groups in total. The number of ether oxygens (including phenoxy) is 2. The highest BCUT2D eigenvalue weighted by atomic mass is 16.5. The molecule has 0 bridgehead atoms. The lowest BCUT2D eigenvalue weighted by molar-refractivity contribution is -0.142. The number of rotatable bonds is 7. The van der Waals surface area contributed by atoms with Gasteiger partial charge in [0, 0.05) is 26.1 Å². The number of methoxy groups -OCH3 is 1. The minimum atomic E-state index is -0.265. The molecule has 2 fully saturated rings. The second-order valence-corrected chi connectivity index (χ2v) is 5.80. The Bertz CT molecular complexity index is 335. The first kappa shape index (κ1) is 15.3. The van der Waals surface area contributed by atoms with Gasteiger partial charge in [0.2, 0.25) is 5.91 Å². The summed E-state index contributed by atoms with van der Waals surface area (Å²) in [5.74, 6) is 0.445. The van der Waals surface area contributed by atoms with Gasteiger partial charge in [-0.25, -0.2) is 0 Å². The summed E-state index contributed by atoms with van der Waals surface area (Å²) in [5.41, 5.74) is 0. The fourth-order valence-corrected chi connectivity index (χ4v) is 2.75. The van der Waals surface area contributed by atoms with Gasteiger partial charge in [-0.15, -0.1) is 0 Å².